The normalized spacial score (nSPS) is 18.7. The maximum Gasteiger partial charge on any atom is 0.341 e. The summed E-state index contributed by atoms with van der Waals surface area (Å²) in [4.78, 5) is 18.0. The van der Waals surface area contributed by atoms with Gasteiger partial charge in [0.25, 0.3) is 0 Å². The molecule has 30 heavy (non-hydrogen) atoms. The Balaban J connectivity index is 1.46. The van der Waals surface area contributed by atoms with Crippen LogP contribution in [0.3, 0.4) is 0 Å². The summed E-state index contributed by atoms with van der Waals surface area (Å²) in [7, 11) is 1.43. The van der Waals surface area contributed by atoms with Crippen LogP contribution in [0.2, 0.25) is 0 Å². The number of nitrogens with one attached hydrogen (secondary N) is 1. The fraction of sp³-hybridized carbons (Fsp3) is 0.455. The Hall–Kier alpha value is -2.32. The van der Waals surface area contributed by atoms with Crippen LogP contribution in [-0.4, -0.2) is 54.4 Å². The molecule has 1 aromatic heterocycles. The van der Waals surface area contributed by atoms with Crippen molar-refractivity contribution in [2.24, 2.45) is 5.92 Å². The lowest BCUT2D eigenvalue weighted by molar-refractivity contribution is 0.0601. The average molecular weight is 446 g/mol. The number of nitrogens with zero attached hydrogens (tertiary/aromatic N) is 2. The quantitative estimate of drug-likeness (QED) is 0.549. The van der Waals surface area contributed by atoms with Crippen molar-refractivity contribution in [1.29, 1.82) is 0 Å². The van der Waals surface area contributed by atoms with Gasteiger partial charge in [0.1, 0.15) is 10.8 Å². The zero-order valence-corrected chi connectivity index (χ0v) is 18.9. The molecule has 160 valence electrons. The van der Waals surface area contributed by atoms with Crippen LogP contribution in [0.4, 0.5) is 10.7 Å². The van der Waals surface area contributed by atoms with Crippen LogP contribution in [0.25, 0.3) is 0 Å². The van der Waals surface area contributed by atoms with Crippen LogP contribution in [0.5, 0.6) is 5.75 Å². The van der Waals surface area contributed by atoms with E-state index in [2.05, 4.69) is 22.0 Å². The van der Waals surface area contributed by atoms with Crippen LogP contribution >= 0.6 is 23.6 Å². The summed E-state index contributed by atoms with van der Waals surface area (Å²) < 4.78 is 5.07. The number of esters is 1. The highest BCUT2D eigenvalue weighted by Crippen LogP contribution is 2.40. The van der Waals surface area contributed by atoms with Gasteiger partial charge in [-0.25, -0.2) is 4.79 Å². The van der Waals surface area contributed by atoms with Gasteiger partial charge < -0.3 is 25.0 Å². The van der Waals surface area contributed by atoms with Crippen molar-refractivity contribution < 1.29 is 14.6 Å². The number of ether oxygens (including phenoxy) is 1. The van der Waals surface area contributed by atoms with E-state index < -0.39 is 0 Å². The number of thiocarbonyl (C=S) groups is 1. The van der Waals surface area contributed by atoms with Crippen molar-refractivity contribution in [3.8, 4) is 5.75 Å². The predicted octanol–water partition coefficient (Wildman–Crippen LogP) is 3.88. The van der Waals surface area contributed by atoms with Crippen molar-refractivity contribution in [3.63, 3.8) is 0 Å². The minimum Gasteiger partial charge on any atom is -0.506 e. The molecule has 2 heterocycles. The lowest BCUT2D eigenvalue weighted by Gasteiger charge is -2.37. The van der Waals surface area contributed by atoms with E-state index in [4.69, 9.17) is 17.0 Å². The number of para-hydroxylation sites is 2. The van der Waals surface area contributed by atoms with Gasteiger partial charge in [-0.05, 0) is 55.1 Å². The third-order valence-electron chi connectivity index (χ3n) is 5.91. The highest BCUT2D eigenvalue weighted by molar-refractivity contribution is 7.80. The zero-order valence-electron chi connectivity index (χ0n) is 17.3. The minimum atomic E-state index is -0.295. The monoisotopic (exact) mass is 445 g/mol. The van der Waals surface area contributed by atoms with E-state index in [1.165, 1.54) is 12.0 Å². The highest BCUT2D eigenvalue weighted by Gasteiger charge is 2.29. The number of hydrogen-bond donors (Lipinski definition) is 2. The smallest absolute Gasteiger partial charge is 0.341 e. The van der Waals surface area contributed by atoms with E-state index in [0.29, 0.717) is 22.3 Å². The SMILES string of the molecule is COC(=O)c1c(NC(=S)N2CCN(c3ccccc3O)CC2)sc2c1CC[C@H](C)C2. The third kappa shape index (κ3) is 4.11. The molecule has 4 rings (SSSR count). The second-order valence-electron chi connectivity index (χ2n) is 7.94. The fourth-order valence-electron chi connectivity index (χ4n) is 4.22. The van der Waals surface area contributed by atoms with Gasteiger partial charge in [0, 0.05) is 31.1 Å². The predicted molar refractivity (Wildman–Crippen MR) is 125 cm³/mol. The summed E-state index contributed by atoms with van der Waals surface area (Å²) in [6.07, 6.45) is 2.99. The highest BCUT2D eigenvalue weighted by atomic mass is 32.1. The molecule has 0 radical (unpaired) electrons. The van der Waals surface area contributed by atoms with Gasteiger partial charge in [-0.15, -0.1) is 11.3 Å². The number of aromatic hydroxyl groups is 1. The maximum atomic E-state index is 12.5. The van der Waals surface area contributed by atoms with Crippen LogP contribution in [-0.2, 0) is 17.6 Å². The Labute approximate surface area is 186 Å². The van der Waals surface area contributed by atoms with Gasteiger partial charge in [-0.3, -0.25) is 0 Å². The van der Waals surface area contributed by atoms with Crippen LogP contribution in [0, 0.1) is 5.92 Å². The first-order valence-electron chi connectivity index (χ1n) is 10.3. The van der Waals surface area contributed by atoms with Crippen molar-refractivity contribution in [1.82, 2.24) is 4.90 Å². The Morgan fingerprint density at radius 1 is 1.27 bits per heavy atom. The lowest BCUT2D eigenvalue weighted by atomic mass is 9.88. The van der Waals surface area contributed by atoms with Crippen molar-refractivity contribution >= 4 is 45.3 Å². The minimum absolute atomic E-state index is 0.295. The van der Waals surface area contributed by atoms with Gasteiger partial charge in [-0.2, -0.15) is 0 Å². The Kier molecular flexibility index (Phi) is 6.15. The number of thiophene rings is 1. The van der Waals surface area contributed by atoms with Crippen LogP contribution in [0.1, 0.15) is 34.1 Å². The summed E-state index contributed by atoms with van der Waals surface area (Å²) in [5.41, 5.74) is 2.63. The topological polar surface area (TPSA) is 65.0 Å². The van der Waals surface area contributed by atoms with E-state index in [0.717, 1.165) is 61.7 Å². The third-order valence-corrected chi connectivity index (χ3v) is 7.44. The Bertz CT molecular complexity index is 951. The maximum absolute atomic E-state index is 12.5. The van der Waals surface area contributed by atoms with Crippen molar-refractivity contribution in [2.45, 2.75) is 26.2 Å². The zero-order chi connectivity index (χ0) is 21.3. The van der Waals surface area contributed by atoms with E-state index in [9.17, 15) is 9.90 Å². The molecule has 1 atom stereocenters. The standard InChI is InChI=1S/C22H27N3O3S2/c1-14-7-8-15-18(13-14)30-20(19(15)21(27)28-2)23-22(29)25-11-9-24(10-12-25)16-5-3-4-6-17(16)26/h3-6,14,26H,7-13H2,1-2H3,(H,23,29)/t14-/m0/s1. The average Bonchev–Trinajstić information content (AvgIpc) is 3.10. The van der Waals surface area contributed by atoms with Gasteiger partial charge in [0.05, 0.1) is 18.4 Å². The number of hydrogen-bond acceptors (Lipinski definition) is 6. The summed E-state index contributed by atoms with van der Waals surface area (Å²) >= 11 is 7.32. The first-order valence-corrected chi connectivity index (χ1v) is 11.5. The summed E-state index contributed by atoms with van der Waals surface area (Å²) in [5.74, 6) is 0.633. The van der Waals surface area contributed by atoms with Crippen molar-refractivity contribution in [2.75, 3.05) is 43.5 Å². The lowest BCUT2D eigenvalue weighted by Crippen LogP contribution is -2.50. The van der Waals surface area contributed by atoms with Gasteiger partial charge in [-0.1, -0.05) is 19.1 Å². The molecule has 2 aliphatic rings. The number of carbonyl (C=O) groups excluding carboxylic acids is 1. The molecular formula is C22H27N3O3S2. The first-order chi connectivity index (χ1) is 14.5. The van der Waals surface area contributed by atoms with Crippen molar-refractivity contribution in [3.05, 3.63) is 40.3 Å². The molecule has 0 unspecified atom stereocenters. The largest absolute Gasteiger partial charge is 0.506 e. The number of fused-ring (bicyclic) bond motifs is 1. The number of methoxy groups -OCH3 is 1. The number of benzene rings is 1. The molecule has 1 aliphatic heterocycles. The summed E-state index contributed by atoms with van der Waals surface area (Å²) in [6.45, 7) is 5.28. The Morgan fingerprint density at radius 2 is 2.00 bits per heavy atom. The number of piperazine rings is 1. The molecule has 1 saturated heterocycles. The van der Waals surface area contributed by atoms with Gasteiger partial charge in [0.2, 0.25) is 0 Å². The summed E-state index contributed by atoms with van der Waals surface area (Å²) in [5, 5.41) is 14.9. The number of rotatable bonds is 3. The molecule has 0 bridgehead atoms. The molecule has 1 aromatic carbocycles. The molecule has 0 spiro atoms. The molecule has 1 fully saturated rings. The molecule has 1 aliphatic carbocycles. The summed E-state index contributed by atoms with van der Waals surface area (Å²) in [6, 6.07) is 7.40. The molecular weight excluding hydrogens is 418 g/mol. The second-order valence-corrected chi connectivity index (χ2v) is 9.43. The molecule has 2 aromatic rings. The number of phenols is 1. The molecule has 0 saturated carbocycles. The molecule has 0 amide bonds. The van der Waals surface area contributed by atoms with E-state index in [-0.39, 0.29) is 5.97 Å². The first kappa shape index (κ1) is 20.9. The molecule has 2 N–H and O–H groups in total. The second kappa shape index (κ2) is 8.81. The van der Waals surface area contributed by atoms with Crippen LogP contribution < -0.4 is 10.2 Å². The van der Waals surface area contributed by atoms with Crippen LogP contribution in [0.15, 0.2) is 24.3 Å². The van der Waals surface area contributed by atoms with E-state index in [1.54, 1.807) is 17.4 Å². The van der Waals surface area contributed by atoms with E-state index in [1.807, 2.05) is 18.2 Å². The van der Waals surface area contributed by atoms with Gasteiger partial charge in [0.15, 0.2) is 5.11 Å². The Morgan fingerprint density at radius 3 is 2.70 bits per heavy atom. The van der Waals surface area contributed by atoms with E-state index >= 15 is 0 Å². The number of anilines is 2. The number of phenolic OH excluding ortho intramolecular Hbond substituents is 1. The van der Waals surface area contributed by atoms with Gasteiger partial charge >= 0.3 is 5.97 Å². The molecule has 8 heteroatoms. The fourth-order valence-corrected chi connectivity index (χ4v) is 5.96. The molecule has 6 nitrogen and oxygen atoms in total. The number of carbonyl (C=O) groups is 1.